The molecule has 0 saturated heterocycles. The number of para-hydroxylation sites is 1. The summed E-state index contributed by atoms with van der Waals surface area (Å²) in [4.78, 5) is 13.9. The van der Waals surface area contributed by atoms with Crippen LogP contribution in [0.1, 0.15) is 50.6 Å². The number of anilines is 4. The highest BCUT2D eigenvalue weighted by molar-refractivity contribution is 5.84. The molecule has 1 aliphatic rings. The summed E-state index contributed by atoms with van der Waals surface area (Å²) in [7, 11) is 0. The lowest BCUT2D eigenvalue weighted by Crippen LogP contribution is -2.18. The van der Waals surface area contributed by atoms with Crippen molar-refractivity contribution in [3.05, 3.63) is 30.1 Å². The van der Waals surface area contributed by atoms with Crippen LogP contribution in [0, 0.1) is 0 Å². The number of aliphatic hydroxyl groups excluding tert-OH is 1. The van der Waals surface area contributed by atoms with Crippen molar-refractivity contribution in [2.24, 2.45) is 0 Å². The Hall–Kier alpha value is -3.07. The summed E-state index contributed by atoms with van der Waals surface area (Å²) in [6.07, 6.45) is 7.37. The van der Waals surface area contributed by atoms with E-state index in [4.69, 9.17) is 16.5 Å². The van der Waals surface area contributed by atoms with Crippen LogP contribution in [0.3, 0.4) is 0 Å². The van der Waals surface area contributed by atoms with E-state index in [0.29, 0.717) is 42.3 Å². The van der Waals surface area contributed by atoms with Gasteiger partial charge in [-0.3, -0.25) is 0 Å². The highest BCUT2D eigenvalue weighted by atomic mass is 16.3. The van der Waals surface area contributed by atoms with Crippen LogP contribution in [-0.2, 0) is 6.54 Å². The van der Waals surface area contributed by atoms with Crippen LogP contribution >= 0.6 is 0 Å². The number of nitrogen functional groups attached to an aromatic ring is 2. The van der Waals surface area contributed by atoms with Crippen molar-refractivity contribution < 1.29 is 5.11 Å². The summed E-state index contributed by atoms with van der Waals surface area (Å²) in [5.74, 6) is 1.09. The van der Waals surface area contributed by atoms with E-state index in [-0.39, 0.29) is 0 Å². The lowest BCUT2D eigenvalue weighted by molar-refractivity contribution is 0.208. The molecule has 0 aliphatic heterocycles. The molecule has 0 spiro atoms. The Kier molecular flexibility index (Phi) is 5.89. The molecule has 1 atom stereocenters. The molecule has 0 radical (unpaired) electrons. The first kappa shape index (κ1) is 20.2. The highest BCUT2D eigenvalue weighted by Gasteiger charge is 2.21. The molecule has 0 bridgehead atoms. The van der Waals surface area contributed by atoms with Gasteiger partial charge >= 0.3 is 0 Å². The minimum absolute atomic E-state index is 0.366. The van der Waals surface area contributed by atoms with Gasteiger partial charge < -0.3 is 31.8 Å². The number of aliphatic hydroxyl groups is 1. The molecular formula is C21H30N8O. The molecule has 2 heterocycles. The predicted molar refractivity (Wildman–Crippen MR) is 120 cm³/mol. The molecule has 3 aromatic rings. The summed E-state index contributed by atoms with van der Waals surface area (Å²) in [5, 5.41) is 16.1. The Morgan fingerprint density at radius 2 is 1.97 bits per heavy atom. The Morgan fingerprint density at radius 3 is 2.73 bits per heavy atom. The standard InChI is InChI=1S/C21H30N8O/c1-13(30)10-25-21-27-19(24-11-14-6-5-9-16(22)17(14)23)18-20(28-21)29(12-26-18)15-7-3-2-4-8-15/h5-6,9,12-13,15,30H,2-4,7-8,10-11,22-23H2,1H3,(H2,24,25,27,28). The second-order valence-corrected chi connectivity index (χ2v) is 8.02. The van der Waals surface area contributed by atoms with Crippen LogP contribution in [0.15, 0.2) is 24.5 Å². The van der Waals surface area contributed by atoms with E-state index < -0.39 is 6.10 Å². The third-order valence-corrected chi connectivity index (χ3v) is 5.62. The highest BCUT2D eigenvalue weighted by Crippen LogP contribution is 2.32. The molecule has 4 rings (SSSR count). The first-order valence-corrected chi connectivity index (χ1v) is 10.6. The zero-order valence-electron chi connectivity index (χ0n) is 17.3. The first-order valence-electron chi connectivity index (χ1n) is 10.6. The molecule has 1 aromatic carbocycles. The molecular weight excluding hydrogens is 380 g/mol. The quantitative estimate of drug-likeness (QED) is 0.375. The van der Waals surface area contributed by atoms with E-state index >= 15 is 0 Å². The topological polar surface area (TPSA) is 140 Å². The molecule has 1 unspecified atom stereocenters. The lowest BCUT2D eigenvalue weighted by Gasteiger charge is -2.23. The van der Waals surface area contributed by atoms with Gasteiger partial charge in [-0.1, -0.05) is 31.4 Å². The Bertz CT molecular complexity index is 1010. The second-order valence-electron chi connectivity index (χ2n) is 8.02. The second kappa shape index (κ2) is 8.74. The van der Waals surface area contributed by atoms with Crippen molar-refractivity contribution in [1.82, 2.24) is 19.5 Å². The van der Waals surface area contributed by atoms with Gasteiger partial charge in [0, 0.05) is 19.1 Å². The number of benzene rings is 1. The molecule has 9 nitrogen and oxygen atoms in total. The average molecular weight is 411 g/mol. The van der Waals surface area contributed by atoms with E-state index in [0.717, 1.165) is 29.6 Å². The normalized spacial score (nSPS) is 15.9. The molecule has 1 aliphatic carbocycles. The fourth-order valence-corrected chi connectivity index (χ4v) is 3.95. The van der Waals surface area contributed by atoms with Crippen molar-refractivity contribution in [2.45, 2.75) is 57.7 Å². The molecule has 1 fully saturated rings. The molecule has 9 heteroatoms. The van der Waals surface area contributed by atoms with Gasteiger partial charge in [0.15, 0.2) is 17.0 Å². The van der Waals surface area contributed by atoms with E-state index in [2.05, 4.69) is 25.2 Å². The zero-order valence-corrected chi connectivity index (χ0v) is 17.3. The van der Waals surface area contributed by atoms with Crippen LogP contribution in [-0.4, -0.2) is 37.3 Å². The van der Waals surface area contributed by atoms with Gasteiger partial charge in [-0.05, 0) is 31.4 Å². The maximum atomic E-state index is 9.65. The largest absolute Gasteiger partial charge is 0.397 e. The molecule has 2 aromatic heterocycles. The molecule has 1 saturated carbocycles. The minimum atomic E-state index is -0.504. The number of hydrogen-bond donors (Lipinski definition) is 5. The zero-order chi connectivity index (χ0) is 21.1. The van der Waals surface area contributed by atoms with Gasteiger partial charge in [0.1, 0.15) is 0 Å². The van der Waals surface area contributed by atoms with Gasteiger partial charge in [-0.15, -0.1) is 0 Å². The fourth-order valence-electron chi connectivity index (χ4n) is 3.95. The van der Waals surface area contributed by atoms with Crippen LogP contribution in [0.2, 0.25) is 0 Å². The van der Waals surface area contributed by atoms with E-state index in [1.165, 1.54) is 19.3 Å². The predicted octanol–water partition coefficient (Wildman–Crippen LogP) is 2.90. The van der Waals surface area contributed by atoms with Crippen LogP contribution in [0.4, 0.5) is 23.1 Å². The number of hydrogen-bond acceptors (Lipinski definition) is 8. The third-order valence-electron chi connectivity index (χ3n) is 5.62. The van der Waals surface area contributed by atoms with Crippen LogP contribution in [0.5, 0.6) is 0 Å². The molecule has 160 valence electrons. The van der Waals surface area contributed by atoms with E-state index in [9.17, 15) is 5.11 Å². The van der Waals surface area contributed by atoms with Gasteiger partial charge in [0.25, 0.3) is 0 Å². The maximum Gasteiger partial charge on any atom is 0.226 e. The van der Waals surface area contributed by atoms with Gasteiger partial charge in [-0.25, -0.2) is 4.98 Å². The van der Waals surface area contributed by atoms with Crippen LogP contribution < -0.4 is 22.1 Å². The molecule has 30 heavy (non-hydrogen) atoms. The van der Waals surface area contributed by atoms with Crippen molar-refractivity contribution in [3.63, 3.8) is 0 Å². The summed E-state index contributed by atoms with van der Waals surface area (Å²) in [6.45, 7) is 2.55. The SMILES string of the molecule is CC(O)CNc1nc(NCc2cccc(N)c2N)c2ncn(C3CCCCC3)c2n1. The van der Waals surface area contributed by atoms with Crippen molar-refractivity contribution in [1.29, 1.82) is 0 Å². The van der Waals surface area contributed by atoms with Crippen molar-refractivity contribution >= 4 is 34.3 Å². The Balaban J connectivity index is 1.67. The number of imidazole rings is 1. The van der Waals surface area contributed by atoms with Crippen molar-refractivity contribution in [3.8, 4) is 0 Å². The number of rotatable bonds is 7. The number of nitrogens with two attached hydrogens (primary N) is 2. The maximum absolute atomic E-state index is 9.65. The van der Waals surface area contributed by atoms with Gasteiger partial charge in [0.05, 0.1) is 23.8 Å². The summed E-state index contributed by atoms with van der Waals surface area (Å²) in [5.41, 5.74) is 15.6. The van der Waals surface area contributed by atoms with E-state index in [1.54, 1.807) is 13.0 Å². The van der Waals surface area contributed by atoms with Gasteiger partial charge in [0.2, 0.25) is 5.95 Å². The summed E-state index contributed by atoms with van der Waals surface area (Å²) < 4.78 is 2.17. The Labute approximate surface area is 175 Å². The van der Waals surface area contributed by atoms with Gasteiger partial charge in [-0.2, -0.15) is 9.97 Å². The average Bonchev–Trinajstić information content (AvgIpc) is 3.18. The van der Waals surface area contributed by atoms with E-state index in [1.807, 2.05) is 18.5 Å². The smallest absolute Gasteiger partial charge is 0.226 e. The number of fused-ring (bicyclic) bond motifs is 1. The number of nitrogens with zero attached hydrogens (tertiary/aromatic N) is 4. The minimum Gasteiger partial charge on any atom is -0.397 e. The monoisotopic (exact) mass is 410 g/mol. The first-order chi connectivity index (χ1) is 14.5. The molecule has 7 N–H and O–H groups in total. The number of aromatic nitrogens is 4. The van der Waals surface area contributed by atoms with Crippen LogP contribution in [0.25, 0.3) is 11.2 Å². The Morgan fingerprint density at radius 1 is 1.17 bits per heavy atom. The fraction of sp³-hybridized carbons (Fsp3) is 0.476. The number of nitrogens with one attached hydrogen (secondary N) is 2. The summed E-state index contributed by atoms with van der Waals surface area (Å²) in [6, 6.07) is 6.00. The summed E-state index contributed by atoms with van der Waals surface area (Å²) >= 11 is 0. The third kappa shape index (κ3) is 4.25. The van der Waals surface area contributed by atoms with Crippen molar-refractivity contribution in [2.75, 3.05) is 28.6 Å². The lowest BCUT2D eigenvalue weighted by atomic mass is 9.95. The molecule has 0 amide bonds.